The molecule has 1 aromatic carbocycles. The number of aliphatic imine (C=N–C) groups is 1. The summed E-state index contributed by atoms with van der Waals surface area (Å²) < 4.78 is 32.4. The smallest absolute Gasteiger partial charge is 0.316 e. The van der Waals surface area contributed by atoms with Gasteiger partial charge in [0.15, 0.2) is 12.1 Å². The van der Waals surface area contributed by atoms with Crippen molar-refractivity contribution < 1.29 is 57.9 Å². The molecule has 16 nitrogen and oxygen atoms in total. The summed E-state index contributed by atoms with van der Waals surface area (Å²) in [6.07, 6.45) is -4.26. The molecule has 1 saturated carbocycles. The molecule has 1 aromatic rings. The summed E-state index contributed by atoms with van der Waals surface area (Å²) in [4.78, 5) is 68.2. The maximum Gasteiger partial charge on any atom is 0.316 e. The van der Waals surface area contributed by atoms with E-state index in [2.05, 4.69) is 10.5 Å². The molecule has 338 valence electrons. The van der Waals surface area contributed by atoms with Gasteiger partial charge in [0, 0.05) is 41.6 Å². The van der Waals surface area contributed by atoms with Gasteiger partial charge in [-0.2, -0.15) is 0 Å². The van der Waals surface area contributed by atoms with Gasteiger partial charge in [0.2, 0.25) is 6.10 Å². The molecule has 2 amide bonds. The molecule has 4 bridgehead atoms. The van der Waals surface area contributed by atoms with E-state index < -0.39 is 89.3 Å². The number of nitrogens with one attached hydrogen (secondary N) is 1. The average molecular weight is 855 g/mol. The Kier molecular flexibility index (Phi) is 14.6. The van der Waals surface area contributed by atoms with Gasteiger partial charge in [-0.3, -0.25) is 19.2 Å². The zero-order chi connectivity index (χ0) is 44.6. The molecule has 4 fully saturated rings. The number of hydrogen-bond acceptors (Lipinski definition) is 14. The van der Waals surface area contributed by atoms with Gasteiger partial charge in [-0.1, -0.05) is 45.0 Å². The second-order valence-corrected chi connectivity index (χ2v) is 18.6. The van der Waals surface area contributed by atoms with E-state index in [1.165, 1.54) is 13.8 Å². The van der Waals surface area contributed by atoms with Crippen LogP contribution in [0.2, 0.25) is 0 Å². The molecule has 3 N–H and O–H groups in total. The lowest BCUT2D eigenvalue weighted by Gasteiger charge is -2.47. The lowest BCUT2D eigenvalue weighted by molar-refractivity contribution is -0.296. The van der Waals surface area contributed by atoms with Gasteiger partial charge in [0.05, 0.1) is 37.1 Å². The summed E-state index contributed by atoms with van der Waals surface area (Å²) in [5.41, 5.74) is -1.43. The first-order valence-electron chi connectivity index (χ1n) is 21.8. The third-order valence-corrected chi connectivity index (χ3v) is 13.2. The van der Waals surface area contributed by atoms with Crippen LogP contribution in [-0.4, -0.2) is 144 Å². The topological polar surface area (TPSA) is 204 Å². The van der Waals surface area contributed by atoms with Crippen LogP contribution < -0.4 is 5.32 Å². The number of aliphatic hydroxyl groups excluding tert-OH is 1. The molecule has 0 radical (unpaired) electrons. The number of Topliss-reactive ketones (excluding diaryl/α,β-unsaturated/α-hetero) is 1. The van der Waals surface area contributed by atoms with Crippen molar-refractivity contribution in [2.45, 2.75) is 160 Å². The van der Waals surface area contributed by atoms with Crippen molar-refractivity contribution in [3.05, 3.63) is 35.4 Å². The Hall–Kier alpha value is -3.64. The van der Waals surface area contributed by atoms with Crippen molar-refractivity contribution in [2.24, 2.45) is 33.8 Å². The van der Waals surface area contributed by atoms with Gasteiger partial charge in [0.25, 0.3) is 11.8 Å². The summed E-state index contributed by atoms with van der Waals surface area (Å²) in [6.45, 7) is 13.4. The number of likely N-dealkylation sites (N-methyl/N-ethyl adjacent to an activating group) is 1. The molecule has 61 heavy (non-hydrogen) atoms. The highest BCUT2D eigenvalue weighted by Crippen LogP contribution is 2.40. The van der Waals surface area contributed by atoms with Gasteiger partial charge < -0.3 is 49.0 Å². The number of hydrogen-bond donors (Lipinski definition) is 3. The maximum atomic E-state index is 14.5. The van der Waals surface area contributed by atoms with Gasteiger partial charge >= 0.3 is 5.97 Å². The number of esters is 1. The van der Waals surface area contributed by atoms with Gasteiger partial charge in [-0.15, -0.1) is 0 Å². The van der Waals surface area contributed by atoms with E-state index in [9.17, 15) is 29.4 Å². The Morgan fingerprint density at radius 1 is 1.02 bits per heavy atom. The number of benzene rings is 1. The number of aliphatic hydroxyl groups is 2. The minimum absolute atomic E-state index is 0.0813. The fourth-order valence-electron chi connectivity index (χ4n) is 9.43. The quantitative estimate of drug-likeness (QED) is 0.254. The van der Waals surface area contributed by atoms with Crippen molar-refractivity contribution in [2.75, 3.05) is 27.3 Å². The number of fused-ring (bicyclic) bond motifs is 4. The number of amides is 2. The van der Waals surface area contributed by atoms with E-state index >= 15 is 0 Å². The minimum Gasteiger partial charge on any atom is -0.459 e. The second kappa shape index (κ2) is 19.0. The van der Waals surface area contributed by atoms with Crippen LogP contribution in [0.25, 0.3) is 0 Å². The molecule has 3 saturated heterocycles. The molecular formula is C45H66N4O12. The Bertz CT molecular complexity index is 1830. The van der Waals surface area contributed by atoms with Crippen molar-refractivity contribution >= 4 is 35.0 Å². The molecule has 14 atom stereocenters. The molecular weight excluding hydrogens is 789 g/mol. The van der Waals surface area contributed by atoms with Crippen LogP contribution in [0.15, 0.2) is 34.4 Å². The monoisotopic (exact) mass is 854 g/mol. The molecule has 1 aliphatic carbocycles. The number of rotatable bonds is 8. The van der Waals surface area contributed by atoms with E-state index in [4.69, 9.17) is 33.5 Å². The number of cyclic esters (lactones) is 1. The Morgan fingerprint density at radius 3 is 2.34 bits per heavy atom. The average Bonchev–Trinajstić information content (AvgIpc) is 4.04. The fraction of sp³-hybridized carbons (Fsp3) is 0.733. The Balaban J connectivity index is 1.45. The molecule has 4 aliphatic heterocycles. The summed E-state index contributed by atoms with van der Waals surface area (Å²) >= 11 is 0. The number of ketones is 1. The van der Waals surface area contributed by atoms with Crippen LogP contribution in [0.5, 0.6) is 0 Å². The van der Waals surface area contributed by atoms with E-state index in [0.29, 0.717) is 23.3 Å². The van der Waals surface area contributed by atoms with Crippen LogP contribution in [0.3, 0.4) is 0 Å². The zero-order valence-corrected chi connectivity index (χ0v) is 37.3. The summed E-state index contributed by atoms with van der Waals surface area (Å²) in [5, 5.41) is 31.5. The van der Waals surface area contributed by atoms with Crippen molar-refractivity contribution in [1.29, 1.82) is 0 Å². The van der Waals surface area contributed by atoms with E-state index in [-0.39, 0.29) is 62.3 Å². The summed E-state index contributed by atoms with van der Waals surface area (Å²) in [6, 6.07) is 6.84. The predicted octanol–water partition coefficient (Wildman–Crippen LogP) is 3.42. The predicted molar refractivity (Wildman–Crippen MR) is 224 cm³/mol. The molecule has 0 aromatic heterocycles. The van der Waals surface area contributed by atoms with E-state index in [0.717, 1.165) is 12.8 Å². The lowest BCUT2D eigenvalue weighted by Crippen LogP contribution is -2.60. The zero-order valence-electron chi connectivity index (χ0n) is 37.3. The van der Waals surface area contributed by atoms with Gasteiger partial charge in [0.1, 0.15) is 29.4 Å². The highest BCUT2D eigenvalue weighted by atomic mass is 16.7. The highest BCUT2D eigenvalue weighted by molar-refractivity contribution is 6.01. The molecule has 5 aliphatic rings. The second-order valence-electron chi connectivity index (χ2n) is 18.6. The van der Waals surface area contributed by atoms with Gasteiger partial charge in [-0.05, 0) is 97.5 Å². The van der Waals surface area contributed by atoms with E-state index in [1.54, 1.807) is 45.0 Å². The minimum atomic E-state index is -1.85. The van der Waals surface area contributed by atoms with Crippen LogP contribution in [0.4, 0.5) is 0 Å². The van der Waals surface area contributed by atoms with Crippen molar-refractivity contribution in [3.63, 3.8) is 0 Å². The fourth-order valence-corrected chi connectivity index (χ4v) is 9.43. The molecule has 0 spiro atoms. The summed E-state index contributed by atoms with van der Waals surface area (Å²) in [7, 11) is 3.73. The third kappa shape index (κ3) is 10.4. The highest BCUT2D eigenvalue weighted by Gasteiger charge is 2.53. The molecule has 16 heteroatoms. The van der Waals surface area contributed by atoms with Gasteiger partial charge in [-0.25, -0.2) is 4.99 Å². The molecule has 6 rings (SSSR count). The van der Waals surface area contributed by atoms with Crippen LogP contribution >= 0.6 is 0 Å². The number of carbonyl (C=O) groups is 4. The molecule has 1 unspecified atom stereocenters. The maximum absolute atomic E-state index is 14.5. The van der Waals surface area contributed by atoms with Crippen LogP contribution in [0.1, 0.15) is 103 Å². The standard InChI is InChI=1S/C45H66N4O12/c1-11-34-45(8,55)39-25(4)35-23(2)20-44(7,38(26(5)36(50)27(6)42(54)59-34)60-43-37(51)32(49(9)10)18-24(3)58-43)57-22-31(21-56-39)48-61-33(41(53)47-35)19-28-12-14-29(15-13-28)40(52)46-30-16-17-30/h12-15,23-27,30,32-34,37-39,43,51,55H,11,16-22H2,1-10H3,(H,46,52)/b47-35?,48-31-/t23-,24-,25+,26+,27-,32+,33?,34-,37-,38-,39-,43+,44-,45-/m1/s1. The Labute approximate surface area is 359 Å². The Morgan fingerprint density at radius 2 is 1.70 bits per heavy atom. The first-order chi connectivity index (χ1) is 28.7. The number of oxime groups is 1. The first-order valence-corrected chi connectivity index (χ1v) is 21.8. The number of ether oxygens (including phenoxy) is 5. The molecule has 4 heterocycles. The summed E-state index contributed by atoms with van der Waals surface area (Å²) in [5.74, 6) is -5.72. The normalized spacial score (nSPS) is 40.1. The largest absolute Gasteiger partial charge is 0.459 e. The van der Waals surface area contributed by atoms with Crippen molar-refractivity contribution in [1.82, 2.24) is 10.2 Å². The first kappa shape index (κ1) is 46.9. The lowest BCUT2D eigenvalue weighted by atomic mass is 9.73. The van der Waals surface area contributed by atoms with E-state index in [1.807, 2.05) is 39.8 Å². The number of nitrogens with zero attached hydrogens (tertiary/aromatic N) is 3. The number of carbonyl (C=O) groups excluding carboxylic acids is 4. The van der Waals surface area contributed by atoms with Crippen LogP contribution in [-0.2, 0) is 49.3 Å². The third-order valence-electron chi connectivity index (χ3n) is 13.2. The SMILES string of the molecule is CC[C@H]1OC(=O)[C@H](C)C(=O)[C@H](C)[C@@H](O[C@@H]2O[C@H](C)C[C@H](N(C)C)[C@H]2O)[C@@]2(C)C[C@@H](C)C3=NC(=O)C(Cc4ccc(C(=O)NC5CC5)cc4)O/N=C(/CO[C@H]([C@H]3C)[C@]1(C)O)CO2. The van der Waals surface area contributed by atoms with Crippen LogP contribution in [0, 0.1) is 23.7 Å². The van der Waals surface area contributed by atoms with Crippen molar-refractivity contribution in [3.8, 4) is 0 Å².